The van der Waals surface area contributed by atoms with Gasteiger partial charge in [-0.1, -0.05) is 6.07 Å². The van der Waals surface area contributed by atoms with Gasteiger partial charge in [0, 0.05) is 37.9 Å². The lowest BCUT2D eigenvalue weighted by molar-refractivity contribution is -0.138. The fourth-order valence-corrected chi connectivity index (χ4v) is 5.87. The van der Waals surface area contributed by atoms with Crippen LogP contribution in [-0.4, -0.2) is 62.3 Å². The quantitative estimate of drug-likeness (QED) is 0.419. The highest BCUT2D eigenvalue weighted by molar-refractivity contribution is 7.10. The molecule has 0 amide bonds. The molecule has 2 aliphatic heterocycles. The molecule has 206 valence electrons. The Balaban J connectivity index is 1.55. The average Bonchev–Trinajstić information content (AvgIpc) is 3.41. The highest BCUT2D eigenvalue weighted by Gasteiger charge is 2.40. The fraction of sp³-hybridized carbons (Fsp3) is 0.333. The van der Waals surface area contributed by atoms with E-state index >= 15 is 0 Å². The summed E-state index contributed by atoms with van der Waals surface area (Å²) in [4.78, 5) is 23.3. The number of ether oxygens (including phenoxy) is 2. The normalized spacial score (nSPS) is 17.5. The monoisotopic (exact) mass is 560 g/mol. The number of alkyl halides is 3. The van der Waals surface area contributed by atoms with Crippen molar-refractivity contribution in [2.45, 2.75) is 18.6 Å². The summed E-state index contributed by atoms with van der Waals surface area (Å²) in [5, 5.41) is 11.6. The number of carbonyl (C=O) groups is 1. The maximum absolute atomic E-state index is 13.8. The predicted octanol–water partition coefficient (Wildman–Crippen LogP) is 5.63. The molecule has 8 nitrogen and oxygen atoms in total. The summed E-state index contributed by atoms with van der Waals surface area (Å²) < 4.78 is 52.1. The van der Waals surface area contributed by atoms with Crippen molar-refractivity contribution in [1.29, 1.82) is 0 Å². The van der Waals surface area contributed by atoms with Gasteiger partial charge in [-0.15, -0.1) is 11.3 Å². The van der Waals surface area contributed by atoms with Crippen LogP contribution in [-0.2, 0) is 11.0 Å². The smallest absolute Gasteiger partial charge is 0.416 e. The number of fused-ring (bicyclic) bond motifs is 1. The van der Waals surface area contributed by atoms with Crippen molar-refractivity contribution >= 4 is 40.3 Å². The number of methoxy groups -OCH3 is 2. The van der Waals surface area contributed by atoms with Crippen LogP contribution in [0.1, 0.15) is 22.9 Å². The molecule has 0 spiro atoms. The van der Waals surface area contributed by atoms with Gasteiger partial charge in [-0.3, -0.25) is 9.69 Å². The van der Waals surface area contributed by atoms with Gasteiger partial charge in [-0.25, -0.2) is 4.99 Å². The van der Waals surface area contributed by atoms with Crippen LogP contribution in [0.15, 0.2) is 58.9 Å². The Morgan fingerprint density at radius 2 is 1.79 bits per heavy atom. The van der Waals surface area contributed by atoms with Gasteiger partial charge in [0.25, 0.3) is 0 Å². The van der Waals surface area contributed by atoms with Crippen molar-refractivity contribution in [1.82, 2.24) is 4.90 Å². The van der Waals surface area contributed by atoms with Gasteiger partial charge in [-0.05, 0) is 41.8 Å². The lowest BCUT2D eigenvalue weighted by Crippen LogP contribution is -2.55. The number of guanidine groups is 1. The maximum Gasteiger partial charge on any atom is 0.416 e. The third-order valence-corrected chi connectivity index (χ3v) is 7.85. The zero-order valence-electron chi connectivity index (χ0n) is 21.3. The topological polar surface area (TPSA) is 77.8 Å². The Morgan fingerprint density at radius 1 is 1.05 bits per heavy atom. The first-order valence-corrected chi connectivity index (χ1v) is 13.1. The van der Waals surface area contributed by atoms with Crippen LogP contribution in [0.4, 0.5) is 30.2 Å². The summed E-state index contributed by atoms with van der Waals surface area (Å²) in [5.74, 6) is 0.270. The van der Waals surface area contributed by atoms with Crippen LogP contribution in [0.5, 0.6) is 11.5 Å². The summed E-state index contributed by atoms with van der Waals surface area (Å²) >= 11 is 1.33. The molecule has 1 unspecified atom stereocenters. The van der Waals surface area contributed by atoms with Crippen molar-refractivity contribution < 1.29 is 32.5 Å². The molecule has 2 aromatic carbocycles. The van der Waals surface area contributed by atoms with Crippen LogP contribution < -0.4 is 19.3 Å². The number of nitrogens with zero attached hydrogens (tertiary/aromatic N) is 4. The highest BCUT2D eigenvalue weighted by Crippen LogP contribution is 2.47. The van der Waals surface area contributed by atoms with Crippen molar-refractivity contribution in [3.05, 3.63) is 64.4 Å². The van der Waals surface area contributed by atoms with E-state index in [0.29, 0.717) is 42.7 Å². The van der Waals surface area contributed by atoms with E-state index in [0.717, 1.165) is 23.6 Å². The molecule has 5 rings (SSSR count). The fourth-order valence-electron chi connectivity index (χ4n) is 4.95. The molecule has 0 radical (unpaired) electrons. The standard InChI is InChI=1S/C27H27F3N4O4S/c1-37-19-5-3-4-18(15-19)32-9-11-33(12-10-32)26-31-20-8-13-39-25(20)22(16-24(35)36)34(26)21-14-17(27(28,29)30)6-7-23(21)38-2/h3-8,13-15,22H,9-12,16H2,1-2H3,(H,35,36). The minimum Gasteiger partial charge on any atom is -0.497 e. The van der Waals surface area contributed by atoms with Crippen LogP contribution in [0, 0.1) is 0 Å². The molecular formula is C27H27F3N4O4S. The summed E-state index contributed by atoms with van der Waals surface area (Å²) in [6.45, 7) is 2.29. The maximum atomic E-state index is 13.8. The van der Waals surface area contributed by atoms with Crippen LogP contribution in [0.25, 0.3) is 0 Å². The second-order valence-corrected chi connectivity index (χ2v) is 10.1. The first-order chi connectivity index (χ1) is 18.7. The van der Waals surface area contributed by atoms with Crippen molar-refractivity contribution in [3.63, 3.8) is 0 Å². The minimum atomic E-state index is -4.59. The molecule has 0 aliphatic carbocycles. The largest absolute Gasteiger partial charge is 0.497 e. The molecule has 1 N–H and O–H groups in total. The molecular weight excluding hydrogens is 533 g/mol. The Bertz CT molecular complexity index is 1390. The number of rotatable bonds is 6. The molecule has 1 aromatic heterocycles. The Hall–Kier alpha value is -3.93. The van der Waals surface area contributed by atoms with E-state index in [1.54, 1.807) is 12.0 Å². The minimum absolute atomic E-state index is 0.117. The number of thiophene rings is 1. The van der Waals surface area contributed by atoms with E-state index in [9.17, 15) is 23.1 Å². The molecule has 39 heavy (non-hydrogen) atoms. The highest BCUT2D eigenvalue weighted by atomic mass is 32.1. The number of anilines is 2. The molecule has 3 heterocycles. The lowest BCUT2D eigenvalue weighted by atomic mass is 10.0. The van der Waals surface area contributed by atoms with Gasteiger partial charge in [0.05, 0.1) is 48.5 Å². The molecule has 2 aliphatic rings. The number of piperazine rings is 1. The molecule has 0 bridgehead atoms. The van der Waals surface area contributed by atoms with E-state index in [4.69, 9.17) is 14.5 Å². The number of aliphatic imine (C=N–C) groups is 1. The number of aliphatic carboxylic acids is 1. The van der Waals surface area contributed by atoms with E-state index in [1.807, 2.05) is 40.6 Å². The summed E-state index contributed by atoms with van der Waals surface area (Å²) in [6, 6.07) is 12.0. The van der Waals surface area contributed by atoms with Gasteiger partial charge >= 0.3 is 12.1 Å². The first kappa shape index (κ1) is 26.7. The second-order valence-electron chi connectivity index (χ2n) is 9.13. The van der Waals surface area contributed by atoms with E-state index in [2.05, 4.69) is 4.90 Å². The Morgan fingerprint density at radius 3 is 2.46 bits per heavy atom. The average molecular weight is 561 g/mol. The van der Waals surface area contributed by atoms with Crippen molar-refractivity contribution in [2.75, 3.05) is 50.2 Å². The van der Waals surface area contributed by atoms with E-state index < -0.39 is 23.8 Å². The van der Waals surface area contributed by atoms with Gasteiger partial charge in [0.15, 0.2) is 0 Å². The van der Waals surface area contributed by atoms with Crippen LogP contribution in [0.2, 0.25) is 0 Å². The molecule has 0 saturated carbocycles. The Kier molecular flexibility index (Phi) is 7.30. The number of carboxylic acids is 1. The van der Waals surface area contributed by atoms with Gasteiger partial charge in [0.1, 0.15) is 11.5 Å². The molecule has 1 saturated heterocycles. The third-order valence-electron chi connectivity index (χ3n) is 6.84. The van der Waals surface area contributed by atoms with E-state index in [-0.39, 0.29) is 17.9 Å². The van der Waals surface area contributed by atoms with E-state index in [1.165, 1.54) is 24.5 Å². The first-order valence-electron chi connectivity index (χ1n) is 12.3. The van der Waals surface area contributed by atoms with Gasteiger partial charge in [-0.2, -0.15) is 13.2 Å². The molecule has 12 heteroatoms. The van der Waals surface area contributed by atoms with Gasteiger partial charge < -0.3 is 24.4 Å². The van der Waals surface area contributed by atoms with Gasteiger partial charge in [0.2, 0.25) is 5.96 Å². The summed E-state index contributed by atoms with van der Waals surface area (Å²) in [5.41, 5.74) is 0.886. The summed E-state index contributed by atoms with van der Waals surface area (Å²) in [6.07, 6.45) is -4.91. The van der Waals surface area contributed by atoms with Crippen molar-refractivity contribution in [2.24, 2.45) is 4.99 Å². The molecule has 1 atom stereocenters. The third kappa shape index (κ3) is 5.33. The van der Waals surface area contributed by atoms with Crippen LogP contribution in [0.3, 0.4) is 0 Å². The molecule has 1 fully saturated rings. The SMILES string of the molecule is COc1cccc(N2CCN(C3=Nc4ccsc4C(CC(=O)O)N3c3cc(C(F)(F)F)ccc3OC)CC2)c1. The zero-order chi connectivity index (χ0) is 27.7. The number of hydrogen-bond acceptors (Lipinski definition) is 8. The Labute approximate surface area is 227 Å². The summed E-state index contributed by atoms with van der Waals surface area (Å²) in [7, 11) is 2.99. The second kappa shape index (κ2) is 10.7. The van der Waals surface area contributed by atoms with Crippen LogP contribution >= 0.6 is 11.3 Å². The lowest BCUT2D eigenvalue weighted by Gasteiger charge is -2.44. The number of benzene rings is 2. The number of carboxylic acid groups (broad SMARTS) is 1. The van der Waals surface area contributed by atoms with Crippen molar-refractivity contribution in [3.8, 4) is 11.5 Å². The molecule has 3 aromatic rings. The zero-order valence-corrected chi connectivity index (χ0v) is 22.1. The number of halogens is 3. The predicted molar refractivity (Wildman–Crippen MR) is 144 cm³/mol. The number of hydrogen-bond donors (Lipinski definition) is 1.